The van der Waals surface area contributed by atoms with Crippen LogP contribution in [0.2, 0.25) is 0 Å². The minimum Gasteiger partial charge on any atom is -0.482 e. The molecule has 178 valence electrons. The number of nitrogens with one attached hydrogen (secondary N) is 2. The van der Waals surface area contributed by atoms with E-state index in [0.717, 1.165) is 35.3 Å². The molecule has 3 aromatic carbocycles. The van der Waals surface area contributed by atoms with Gasteiger partial charge >= 0.3 is 0 Å². The monoisotopic (exact) mass is 468 g/mol. The van der Waals surface area contributed by atoms with Gasteiger partial charge in [0, 0.05) is 12.1 Å². The highest BCUT2D eigenvalue weighted by Gasteiger charge is 2.34. The van der Waals surface area contributed by atoms with Gasteiger partial charge in [0.2, 0.25) is 5.91 Å². The van der Waals surface area contributed by atoms with Crippen LogP contribution in [-0.4, -0.2) is 34.4 Å². The molecule has 5 rings (SSSR count). The number of benzene rings is 3. The number of para-hydroxylation sites is 2. The van der Waals surface area contributed by atoms with Crippen molar-refractivity contribution in [2.75, 3.05) is 16.8 Å². The zero-order valence-corrected chi connectivity index (χ0v) is 19.9. The molecule has 0 spiro atoms. The third-order valence-electron chi connectivity index (χ3n) is 6.30. The number of carbonyl (C=O) groups excluding carboxylic acids is 2. The molecule has 7 heteroatoms. The summed E-state index contributed by atoms with van der Waals surface area (Å²) in [6, 6.07) is 20.7. The summed E-state index contributed by atoms with van der Waals surface area (Å²) in [5.74, 6) is 1.14. The Kier molecular flexibility index (Phi) is 6.23. The van der Waals surface area contributed by atoms with E-state index in [2.05, 4.69) is 34.3 Å². The van der Waals surface area contributed by atoms with Gasteiger partial charge in [-0.25, -0.2) is 4.98 Å². The van der Waals surface area contributed by atoms with Gasteiger partial charge in [-0.15, -0.1) is 0 Å². The van der Waals surface area contributed by atoms with Crippen molar-refractivity contribution in [2.45, 2.75) is 39.2 Å². The number of amides is 2. The van der Waals surface area contributed by atoms with E-state index in [1.165, 1.54) is 5.56 Å². The van der Waals surface area contributed by atoms with E-state index < -0.39 is 6.04 Å². The lowest BCUT2D eigenvalue weighted by atomic mass is 10.1. The maximum atomic E-state index is 13.1. The van der Waals surface area contributed by atoms with Crippen molar-refractivity contribution in [3.05, 3.63) is 83.7 Å². The van der Waals surface area contributed by atoms with Crippen LogP contribution < -0.4 is 15.0 Å². The minimum absolute atomic E-state index is 0.0691. The first-order chi connectivity index (χ1) is 17.0. The average Bonchev–Trinajstić information content (AvgIpc) is 3.27. The molecular formula is C28H28N4O3. The zero-order chi connectivity index (χ0) is 24.4. The molecule has 0 saturated carbocycles. The van der Waals surface area contributed by atoms with Gasteiger partial charge in [0.25, 0.3) is 5.91 Å². The first-order valence-electron chi connectivity index (χ1n) is 11.9. The summed E-state index contributed by atoms with van der Waals surface area (Å²) in [5, 5.41) is 2.97. The van der Waals surface area contributed by atoms with Crippen LogP contribution in [0.3, 0.4) is 0 Å². The molecule has 2 heterocycles. The van der Waals surface area contributed by atoms with Crippen LogP contribution in [0.1, 0.15) is 30.3 Å². The molecule has 35 heavy (non-hydrogen) atoms. The van der Waals surface area contributed by atoms with Crippen LogP contribution in [-0.2, 0) is 22.4 Å². The summed E-state index contributed by atoms with van der Waals surface area (Å²) in [6.07, 6.45) is 2.13. The van der Waals surface area contributed by atoms with Crippen molar-refractivity contribution >= 4 is 34.2 Å². The molecular weight excluding hydrogens is 440 g/mol. The Morgan fingerprint density at radius 1 is 1.11 bits per heavy atom. The lowest BCUT2D eigenvalue weighted by Gasteiger charge is -2.34. The highest BCUT2D eigenvalue weighted by Crippen LogP contribution is 2.33. The van der Waals surface area contributed by atoms with E-state index in [1.54, 1.807) is 11.0 Å². The van der Waals surface area contributed by atoms with Crippen LogP contribution in [0.5, 0.6) is 5.75 Å². The third-order valence-corrected chi connectivity index (χ3v) is 6.30. The number of anilines is 2. The second-order valence-corrected chi connectivity index (χ2v) is 8.83. The number of H-pyrrole nitrogens is 1. The maximum Gasteiger partial charge on any atom is 0.265 e. The zero-order valence-electron chi connectivity index (χ0n) is 19.9. The van der Waals surface area contributed by atoms with Crippen molar-refractivity contribution in [1.29, 1.82) is 0 Å². The van der Waals surface area contributed by atoms with Gasteiger partial charge in [0.1, 0.15) is 17.6 Å². The molecule has 1 aliphatic rings. The van der Waals surface area contributed by atoms with Gasteiger partial charge in [-0.3, -0.25) is 14.5 Å². The molecule has 2 amide bonds. The van der Waals surface area contributed by atoms with E-state index >= 15 is 0 Å². The number of aromatic amines is 1. The first-order valence-corrected chi connectivity index (χ1v) is 11.9. The number of aromatic nitrogens is 2. The highest BCUT2D eigenvalue weighted by molar-refractivity contribution is 6.07. The second kappa shape index (κ2) is 9.62. The number of imidazole rings is 1. The summed E-state index contributed by atoms with van der Waals surface area (Å²) in [5.41, 5.74) is 5.73. The summed E-state index contributed by atoms with van der Waals surface area (Å²) in [6.45, 7) is 3.90. The molecule has 0 unspecified atom stereocenters. The number of aryl methyl sites for hydroxylation is 3. The number of ether oxygens (including phenoxy) is 1. The van der Waals surface area contributed by atoms with Crippen LogP contribution in [0.25, 0.3) is 11.0 Å². The number of nitrogens with zero attached hydrogens (tertiary/aromatic N) is 2. The number of hydrogen-bond acceptors (Lipinski definition) is 4. The molecule has 4 aromatic rings. The van der Waals surface area contributed by atoms with Gasteiger partial charge in [-0.05, 0) is 67.3 Å². The lowest BCUT2D eigenvalue weighted by Crippen LogP contribution is -2.51. The molecule has 0 radical (unpaired) electrons. The molecule has 0 aliphatic carbocycles. The molecule has 1 atom stereocenters. The highest BCUT2D eigenvalue weighted by atomic mass is 16.5. The molecule has 2 N–H and O–H groups in total. The standard InChI is InChI=1S/C28H28N4O3/c1-3-23(32-24-6-4-5-7-25(24)35-17-27(32)33)28(34)29-20-12-9-19(10-13-20)11-15-26-30-21-14-8-18(2)16-22(21)31-26/h4-10,12-14,16,23H,3,11,15,17H2,1-2H3,(H,29,34)(H,30,31)/t23-/m1/s1. The second-order valence-electron chi connectivity index (χ2n) is 8.83. The third kappa shape index (κ3) is 4.75. The Labute approximate surface area is 204 Å². The molecule has 0 fully saturated rings. The number of rotatable bonds is 7. The summed E-state index contributed by atoms with van der Waals surface area (Å²) >= 11 is 0. The number of fused-ring (bicyclic) bond motifs is 2. The Morgan fingerprint density at radius 3 is 2.71 bits per heavy atom. The SMILES string of the molecule is CC[C@H](C(=O)Nc1ccc(CCc2nc3ccc(C)cc3[nH]2)cc1)N1C(=O)COc2ccccc21. The number of carbonyl (C=O) groups is 2. The average molecular weight is 469 g/mol. The fraction of sp³-hybridized carbons (Fsp3) is 0.250. The molecule has 0 saturated heterocycles. The Hall–Kier alpha value is -4.13. The van der Waals surface area contributed by atoms with Crippen LogP contribution in [0.4, 0.5) is 11.4 Å². The topological polar surface area (TPSA) is 87.3 Å². The summed E-state index contributed by atoms with van der Waals surface area (Å²) < 4.78 is 5.52. The van der Waals surface area contributed by atoms with Gasteiger partial charge in [0.05, 0.1) is 16.7 Å². The predicted molar refractivity (Wildman–Crippen MR) is 137 cm³/mol. The van der Waals surface area contributed by atoms with Crippen LogP contribution >= 0.6 is 0 Å². The number of hydrogen-bond donors (Lipinski definition) is 2. The molecule has 1 aromatic heterocycles. The van der Waals surface area contributed by atoms with Gasteiger partial charge in [0.15, 0.2) is 6.61 Å². The van der Waals surface area contributed by atoms with Crippen molar-refractivity contribution in [1.82, 2.24) is 9.97 Å². The normalized spacial score (nSPS) is 13.9. The summed E-state index contributed by atoms with van der Waals surface area (Å²) in [4.78, 5) is 35.4. The largest absolute Gasteiger partial charge is 0.482 e. The minimum atomic E-state index is -0.621. The van der Waals surface area contributed by atoms with Crippen LogP contribution in [0.15, 0.2) is 66.7 Å². The van der Waals surface area contributed by atoms with Crippen LogP contribution in [0, 0.1) is 6.92 Å². The van der Waals surface area contributed by atoms with Gasteiger partial charge in [-0.1, -0.05) is 37.3 Å². The van der Waals surface area contributed by atoms with Crippen molar-refractivity contribution < 1.29 is 14.3 Å². The lowest BCUT2D eigenvalue weighted by molar-refractivity contribution is -0.125. The fourth-order valence-corrected chi connectivity index (χ4v) is 4.49. The van der Waals surface area contributed by atoms with Crippen molar-refractivity contribution in [2.24, 2.45) is 0 Å². The Bertz CT molecular complexity index is 1380. The van der Waals surface area contributed by atoms with E-state index in [9.17, 15) is 9.59 Å². The molecule has 7 nitrogen and oxygen atoms in total. The first kappa shape index (κ1) is 22.7. The summed E-state index contributed by atoms with van der Waals surface area (Å²) in [7, 11) is 0. The van der Waals surface area contributed by atoms with Crippen molar-refractivity contribution in [3.8, 4) is 5.75 Å². The van der Waals surface area contributed by atoms with Gasteiger partial charge in [-0.2, -0.15) is 0 Å². The smallest absolute Gasteiger partial charge is 0.265 e. The van der Waals surface area contributed by atoms with E-state index in [1.807, 2.05) is 55.5 Å². The molecule has 0 bridgehead atoms. The molecule has 1 aliphatic heterocycles. The van der Waals surface area contributed by atoms with E-state index in [0.29, 0.717) is 23.5 Å². The quantitative estimate of drug-likeness (QED) is 0.408. The predicted octanol–water partition coefficient (Wildman–Crippen LogP) is 4.80. The fourth-order valence-electron chi connectivity index (χ4n) is 4.49. The van der Waals surface area contributed by atoms with Gasteiger partial charge < -0.3 is 15.0 Å². The van der Waals surface area contributed by atoms with E-state index in [4.69, 9.17) is 4.74 Å². The van der Waals surface area contributed by atoms with Crippen molar-refractivity contribution in [3.63, 3.8) is 0 Å². The maximum absolute atomic E-state index is 13.1. The Balaban J connectivity index is 1.24. The Morgan fingerprint density at radius 2 is 1.91 bits per heavy atom. The van der Waals surface area contributed by atoms with E-state index in [-0.39, 0.29) is 18.4 Å².